The zero-order valence-electron chi connectivity index (χ0n) is 16.8. The molecule has 0 N–H and O–H groups in total. The molecule has 2 saturated carbocycles. The molecule has 0 amide bonds. The lowest BCUT2D eigenvalue weighted by Gasteiger charge is -2.43. The molecule has 2 rings (SSSR count). The van der Waals surface area contributed by atoms with Crippen molar-refractivity contribution in [2.45, 2.75) is 111 Å². The van der Waals surface area contributed by atoms with E-state index in [0.29, 0.717) is 10.8 Å². The van der Waals surface area contributed by atoms with E-state index >= 15 is 0 Å². The molecule has 0 aromatic heterocycles. The van der Waals surface area contributed by atoms with Gasteiger partial charge in [-0.15, -0.1) is 7.92 Å². The molecule has 2 aliphatic carbocycles. The van der Waals surface area contributed by atoms with Crippen LogP contribution in [0, 0.1) is 16.7 Å². The monoisotopic (exact) mass is 338 g/mol. The Morgan fingerprint density at radius 1 is 0.826 bits per heavy atom. The standard InChI is InChI=1S/C22H43P/c1-6-8-10-12-16-23(17-13-11-9-7-2)20-18-19-14-15-22(20,5)21(19,3)4/h19-20H,6-18H2,1-5H3. The third-order valence-electron chi connectivity index (χ3n) is 7.79. The Hall–Kier alpha value is 0.430. The molecule has 0 radical (unpaired) electrons. The minimum atomic E-state index is 0.283. The van der Waals surface area contributed by atoms with Crippen LogP contribution in [0.15, 0.2) is 0 Å². The molecule has 2 aliphatic rings. The van der Waals surface area contributed by atoms with Crippen LogP contribution in [-0.4, -0.2) is 18.0 Å². The fourth-order valence-electron chi connectivity index (χ4n) is 5.62. The van der Waals surface area contributed by atoms with Gasteiger partial charge in [0.25, 0.3) is 0 Å². The van der Waals surface area contributed by atoms with Crippen LogP contribution in [0.25, 0.3) is 0 Å². The van der Waals surface area contributed by atoms with E-state index in [1.54, 1.807) is 18.7 Å². The Morgan fingerprint density at radius 3 is 1.78 bits per heavy atom. The zero-order chi connectivity index (χ0) is 16.9. The van der Waals surface area contributed by atoms with Gasteiger partial charge in [0.2, 0.25) is 0 Å². The van der Waals surface area contributed by atoms with Crippen molar-refractivity contribution in [1.29, 1.82) is 0 Å². The summed E-state index contributed by atoms with van der Waals surface area (Å²) < 4.78 is 0. The van der Waals surface area contributed by atoms with E-state index in [0.717, 1.165) is 11.6 Å². The Kier molecular flexibility index (Phi) is 7.46. The maximum atomic E-state index is 2.68. The largest absolute Gasteiger partial charge is 0.103 e. The second-order valence-corrected chi connectivity index (χ2v) is 12.0. The van der Waals surface area contributed by atoms with Gasteiger partial charge in [-0.05, 0) is 66.8 Å². The summed E-state index contributed by atoms with van der Waals surface area (Å²) in [6, 6.07) is 0. The number of fused-ring (bicyclic) bond motifs is 2. The number of hydrogen-bond donors (Lipinski definition) is 0. The third-order valence-corrected chi connectivity index (χ3v) is 11.2. The number of rotatable bonds is 11. The highest BCUT2D eigenvalue weighted by Gasteiger charge is 2.62. The van der Waals surface area contributed by atoms with Gasteiger partial charge in [-0.3, -0.25) is 0 Å². The predicted octanol–water partition coefficient (Wildman–Crippen LogP) is 7.84. The van der Waals surface area contributed by atoms with E-state index in [-0.39, 0.29) is 7.92 Å². The Balaban J connectivity index is 1.95. The molecular formula is C22H43P. The van der Waals surface area contributed by atoms with Crippen molar-refractivity contribution in [2.75, 3.05) is 12.3 Å². The quantitative estimate of drug-likeness (QED) is 0.266. The molecule has 136 valence electrons. The van der Waals surface area contributed by atoms with Crippen LogP contribution < -0.4 is 0 Å². The molecule has 23 heavy (non-hydrogen) atoms. The summed E-state index contributed by atoms with van der Waals surface area (Å²) in [5.74, 6) is 1.04. The van der Waals surface area contributed by atoms with Crippen LogP contribution >= 0.6 is 7.92 Å². The van der Waals surface area contributed by atoms with Crippen molar-refractivity contribution >= 4 is 7.92 Å². The van der Waals surface area contributed by atoms with Crippen molar-refractivity contribution in [2.24, 2.45) is 16.7 Å². The molecule has 0 aromatic carbocycles. The van der Waals surface area contributed by atoms with Crippen LogP contribution in [0.1, 0.15) is 105 Å². The van der Waals surface area contributed by atoms with Gasteiger partial charge in [0.1, 0.15) is 0 Å². The van der Waals surface area contributed by atoms with Crippen molar-refractivity contribution < 1.29 is 0 Å². The Labute approximate surface area is 148 Å². The van der Waals surface area contributed by atoms with Gasteiger partial charge in [-0.1, -0.05) is 73.1 Å². The van der Waals surface area contributed by atoms with Gasteiger partial charge in [0.05, 0.1) is 0 Å². The van der Waals surface area contributed by atoms with Crippen molar-refractivity contribution in [3.05, 3.63) is 0 Å². The average molecular weight is 339 g/mol. The summed E-state index contributed by atoms with van der Waals surface area (Å²) >= 11 is 0. The van der Waals surface area contributed by atoms with E-state index in [9.17, 15) is 0 Å². The molecule has 0 aliphatic heterocycles. The van der Waals surface area contributed by atoms with Crippen LogP contribution in [0.5, 0.6) is 0 Å². The summed E-state index contributed by atoms with van der Waals surface area (Å²) in [4.78, 5) is 0. The maximum Gasteiger partial charge on any atom is -0.0147 e. The molecule has 0 nitrogen and oxygen atoms in total. The molecule has 0 heterocycles. The molecule has 2 fully saturated rings. The summed E-state index contributed by atoms with van der Waals surface area (Å²) in [6.45, 7) is 12.6. The zero-order valence-corrected chi connectivity index (χ0v) is 17.7. The normalized spacial score (nSPS) is 32.1. The summed E-state index contributed by atoms with van der Waals surface area (Å²) in [6.07, 6.45) is 19.5. The Bertz CT molecular complexity index is 336. The highest BCUT2D eigenvalue weighted by Crippen LogP contribution is 2.72. The first-order valence-electron chi connectivity index (χ1n) is 10.7. The second kappa shape index (κ2) is 8.69. The predicted molar refractivity (Wildman–Crippen MR) is 108 cm³/mol. The second-order valence-electron chi connectivity index (χ2n) is 9.28. The SMILES string of the molecule is CCCCCCP(CCCCCC)C1CC2CCC1(C)C2(C)C. The topological polar surface area (TPSA) is 0 Å². The van der Waals surface area contributed by atoms with E-state index in [1.165, 1.54) is 64.2 Å². The lowest BCUT2D eigenvalue weighted by molar-refractivity contribution is 0.155. The van der Waals surface area contributed by atoms with Gasteiger partial charge in [0.15, 0.2) is 0 Å². The van der Waals surface area contributed by atoms with Gasteiger partial charge in [-0.2, -0.15) is 0 Å². The average Bonchev–Trinajstić information content (AvgIpc) is 2.86. The van der Waals surface area contributed by atoms with Crippen molar-refractivity contribution in [1.82, 2.24) is 0 Å². The fraction of sp³-hybridized carbons (Fsp3) is 1.00. The van der Waals surface area contributed by atoms with Gasteiger partial charge >= 0.3 is 0 Å². The number of hydrogen-bond acceptors (Lipinski definition) is 0. The highest BCUT2D eigenvalue weighted by atomic mass is 31.1. The van der Waals surface area contributed by atoms with Crippen LogP contribution in [0.3, 0.4) is 0 Å². The van der Waals surface area contributed by atoms with Crippen LogP contribution in [0.2, 0.25) is 0 Å². The van der Waals surface area contributed by atoms with Crippen molar-refractivity contribution in [3.8, 4) is 0 Å². The first-order valence-corrected chi connectivity index (χ1v) is 12.5. The van der Waals surface area contributed by atoms with E-state index < -0.39 is 0 Å². The third kappa shape index (κ3) is 4.16. The molecule has 2 bridgehead atoms. The summed E-state index contributed by atoms with van der Waals surface area (Å²) in [7, 11) is 0.283. The van der Waals surface area contributed by atoms with E-state index in [4.69, 9.17) is 0 Å². The molecule has 0 aromatic rings. The van der Waals surface area contributed by atoms with E-state index in [1.807, 2.05) is 0 Å². The molecule has 0 saturated heterocycles. The lowest BCUT2D eigenvalue weighted by atomic mass is 9.71. The smallest absolute Gasteiger partial charge is 0.0147 e. The Morgan fingerprint density at radius 2 is 1.39 bits per heavy atom. The fourth-order valence-corrected chi connectivity index (χ4v) is 9.55. The summed E-state index contributed by atoms with van der Waals surface area (Å²) in [5.41, 5.74) is 2.37. The minimum Gasteiger partial charge on any atom is -0.103 e. The molecule has 0 spiro atoms. The van der Waals surface area contributed by atoms with Gasteiger partial charge in [0, 0.05) is 0 Å². The highest BCUT2D eigenvalue weighted by molar-refractivity contribution is 7.58. The van der Waals surface area contributed by atoms with Crippen LogP contribution in [0.4, 0.5) is 0 Å². The van der Waals surface area contributed by atoms with Gasteiger partial charge in [-0.25, -0.2) is 0 Å². The molecule has 1 heteroatoms. The lowest BCUT2D eigenvalue weighted by Crippen LogP contribution is -2.35. The first-order chi connectivity index (χ1) is 11.0. The molecule has 3 unspecified atom stereocenters. The first kappa shape index (κ1) is 19.8. The molecule has 3 atom stereocenters. The summed E-state index contributed by atoms with van der Waals surface area (Å²) in [5, 5.41) is 0. The van der Waals surface area contributed by atoms with Gasteiger partial charge < -0.3 is 0 Å². The number of unbranched alkanes of at least 4 members (excludes halogenated alkanes) is 6. The van der Waals surface area contributed by atoms with Crippen molar-refractivity contribution in [3.63, 3.8) is 0 Å². The maximum absolute atomic E-state index is 2.68. The molecular weight excluding hydrogens is 295 g/mol. The minimum absolute atomic E-state index is 0.283. The van der Waals surface area contributed by atoms with Crippen LogP contribution in [-0.2, 0) is 0 Å². The van der Waals surface area contributed by atoms with E-state index in [2.05, 4.69) is 34.6 Å².